The zero-order valence-corrected chi connectivity index (χ0v) is 14.6. The lowest BCUT2D eigenvalue weighted by atomic mass is 10.2. The molecular weight excluding hydrogens is 336 g/mol. The highest BCUT2D eigenvalue weighted by atomic mass is 32.1. The van der Waals surface area contributed by atoms with Crippen LogP contribution >= 0.6 is 11.3 Å². The SMILES string of the molecule is Cc1nc2ncccn2c1C(=O)N(C)Cc1cc(-c2cccs2)n[nH]1. The van der Waals surface area contributed by atoms with Gasteiger partial charge in [-0.1, -0.05) is 6.07 Å². The second-order valence-corrected chi connectivity index (χ2v) is 6.70. The van der Waals surface area contributed by atoms with Gasteiger partial charge in [-0.3, -0.25) is 14.3 Å². The number of carbonyl (C=O) groups is 1. The van der Waals surface area contributed by atoms with E-state index in [4.69, 9.17) is 0 Å². The van der Waals surface area contributed by atoms with Crippen molar-refractivity contribution in [3.63, 3.8) is 0 Å². The molecule has 0 saturated heterocycles. The van der Waals surface area contributed by atoms with E-state index in [1.54, 1.807) is 46.1 Å². The largest absolute Gasteiger partial charge is 0.334 e. The van der Waals surface area contributed by atoms with Crippen LogP contribution in [-0.2, 0) is 6.54 Å². The number of aromatic amines is 1. The normalized spacial score (nSPS) is 11.1. The van der Waals surface area contributed by atoms with Gasteiger partial charge in [0.25, 0.3) is 5.91 Å². The van der Waals surface area contributed by atoms with Crippen LogP contribution < -0.4 is 0 Å². The van der Waals surface area contributed by atoms with Crippen LogP contribution in [0.25, 0.3) is 16.3 Å². The van der Waals surface area contributed by atoms with E-state index in [0.717, 1.165) is 16.3 Å². The number of aryl methyl sites for hydroxylation is 1. The highest BCUT2D eigenvalue weighted by Crippen LogP contribution is 2.23. The fourth-order valence-electron chi connectivity index (χ4n) is 2.76. The van der Waals surface area contributed by atoms with E-state index in [0.29, 0.717) is 23.7 Å². The van der Waals surface area contributed by atoms with Gasteiger partial charge in [0.05, 0.1) is 22.8 Å². The molecule has 126 valence electrons. The van der Waals surface area contributed by atoms with Crippen molar-refractivity contribution in [2.75, 3.05) is 7.05 Å². The van der Waals surface area contributed by atoms with E-state index in [1.807, 2.05) is 30.5 Å². The Morgan fingerprint density at radius 1 is 1.40 bits per heavy atom. The second kappa shape index (κ2) is 6.14. The van der Waals surface area contributed by atoms with Gasteiger partial charge in [-0.25, -0.2) is 9.97 Å². The lowest BCUT2D eigenvalue weighted by Crippen LogP contribution is -2.28. The van der Waals surface area contributed by atoms with E-state index >= 15 is 0 Å². The fraction of sp³-hybridized carbons (Fsp3) is 0.176. The summed E-state index contributed by atoms with van der Waals surface area (Å²) in [6.07, 6.45) is 3.46. The first-order valence-corrected chi connectivity index (χ1v) is 8.65. The summed E-state index contributed by atoms with van der Waals surface area (Å²) in [5.41, 5.74) is 2.97. The van der Waals surface area contributed by atoms with Crippen LogP contribution in [0.2, 0.25) is 0 Å². The highest BCUT2D eigenvalue weighted by Gasteiger charge is 2.21. The van der Waals surface area contributed by atoms with Crippen molar-refractivity contribution < 1.29 is 4.79 Å². The average Bonchev–Trinajstić information content (AvgIpc) is 3.32. The zero-order chi connectivity index (χ0) is 17.4. The van der Waals surface area contributed by atoms with Crippen molar-refractivity contribution in [3.05, 3.63) is 59.1 Å². The van der Waals surface area contributed by atoms with Crippen LogP contribution in [-0.4, -0.2) is 42.4 Å². The van der Waals surface area contributed by atoms with Crippen molar-refractivity contribution in [3.8, 4) is 10.6 Å². The van der Waals surface area contributed by atoms with Crippen molar-refractivity contribution in [2.24, 2.45) is 0 Å². The van der Waals surface area contributed by atoms with Crippen LogP contribution in [0.4, 0.5) is 0 Å². The molecule has 0 spiro atoms. The molecule has 0 aliphatic rings. The number of thiophene rings is 1. The monoisotopic (exact) mass is 352 g/mol. The van der Waals surface area contributed by atoms with E-state index in [2.05, 4.69) is 20.2 Å². The Hall–Kier alpha value is -3.00. The standard InChI is InChI=1S/C17H16N6OS/c1-11-15(23-7-4-6-18-17(23)19-11)16(24)22(2)10-12-9-13(21-20-12)14-5-3-8-25-14/h3-9H,10H2,1-2H3,(H,20,21). The van der Waals surface area contributed by atoms with E-state index in [1.165, 1.54) is 0 Å². The minimum atomic E-state index is -0.106. The van der Waals surface area contributed by atoms with Crippen LogP contribution in [0.1, 0.15) is 21.9 Å². The number of aromatic nitrogens is 5. The molecule has 25 heavy (non-hydrogen) atoms. The number of hydrogen-bond donors (Lipinski definition) is 1. The van der Waals surface area contributed by atoms with Crippen molar-refractivity contribution in [1.29, 1.82) is 0 Å². The molecule has 0 radical (unpaired) electrons. The molecule has 7 nitrogen and oxygen atoms in total. The Labute approximate surface area is 148 Å². The zero-order valence-electron chi connectivity index (χ0n) is 13.8. The Morgan fingerprint density at radius 3 is 3.08 bits per heavy atom. The number of rotatable bonds is 4. The number of imidazole rings is 1. The fourth-order valence-corrected chi connectivity index (χ4v) is 3.44. The Balaban J connectivity index is 1.57. The molecule has 0 atom stereocenters. The summed E-state index contributed by atoms with van der Waals surface area (Å²) < 4.78 is 1.72. The molecule has 0 aromatic carbocycles. The van der Waals surface area contributed by atoms with Gasteiger partial charge in [0.2, 0.25) is 5.78 Å². The molecular formula is C17H16N6OS. The maximum atomic E-state index is 12.9. The van der Waals surface area contributed by atoms with Gasteiger partial charge in [-0.15, -0.1) is 11.3 Å². The minimum Gasteiger partial charge on any atom is -0.334 e. The Morgan fingerprint density at radius 2 is 2.28 bits per heavy atom. The Bertz CT molecular complexity index is 1030. The summed E-state index contributed by atoms with van der Waals surface area (Å²) in [6.45, 7) is 2.25. The average molecular weight is 352 g/mol. The summed E-state index contributed by atoms with van der Waals surface area (Å²) >= 11 is 1.63. The summed E-state index contributed by atoms with van der Waals surface area (Å²) in [7, 11) is 1.77. The molecule has 0 aliphatic carbocycles. The van der Waals surface area contributed by atoms with Gasteiger partial charge in [0, 0.05) is 19.4 Å². The third-order valence-electron chi connectivity index (χ3n) is 3.94. The lowest BCUT2D eigenvalue weighted by molar-refractivity contribution is 0.0775. The molecule has 0 aliphatic heterocycles. The quantitative estimate of drug-likeness (QED) is 0.612. The molecule has 4 rings (SSSR count). The number of carbonyl (C=O) groups excluding carboxylic acids is 1. The topological polar surface area (TPSA) is 79.2 Å². The number of fused-ring (bicyclic) bond motifs is 1. The number of nitrogens with zero attached hydrogens (tertiary/aromatic N) is 5. The van der Waals surface area contributed by atoms with Gasteiger partial charge in [0.15, 0.2) is 0 Å². The van der Waals surface area contributed by atoms with Gasteiger partial charge in [-0.2, -0.15) is 5.10 Å². The molecule has 0 unspecified atom stereocenters. The molecule has 1 amide bonds. The molecule has 0 saturated carbocycles. The second-order valence-electron chi connectivity index (χ2n) is 5.75. The van der Waals surface area contributed by atoms with Crippen molar-refractivity contribution in [2.45, 2.75) is 13.5 Å². The number of hydrogen-bond acceptors (Lipinski definition) is 5. The third kappa shape index (κ3) is 2.80. The predicted molar refractivity (Wildman–Crippen MR) is 95.4 cm³/mol. The van der Waals surface area contributed by atoms with Gasteiger partial charge in [-0.05, 0) is 30.5 Å². The first-order valence-electron chi connectivity index (χ1n) is 7.77. The van der Waals surface area contributed by atoms with Crippen LogP contribution in [0.3, 0.4) is 0 Å². The minimum absolute atomic E-state index is 0.106. The molecule has 4 aromatic rings. The summed E-state index contributed by atoms with van der Waals surface area (Å²) in [5, 5.41) is 9.34. The number of amides is 1. The first kappa shape index (κ1) is 15.5. The van der Waals surface area contributed by atoms with Gasteiger partial charge >= 0.3 is 0 Å². The summed E-state index contributed by atoms with van der Waals surface area (Å²) in [4.78, 5) is 24.2. The molecule has 4 aromatic heterocycles. The van der Waals surface area contributed by atoms with Gasteiger partial charge in [0.1, 0.15) is 11.4 Å². The highest BCUT2D eigenvalue weighted by molar-refractivity contribution is 7.13. The van der Waals surface area contributed by atoms with E-state index < -0.39 is 0 Å². The molecule has 4 heterocycles. The number of H-pyrrole nitrogens is 1. The van der Waals surface area contributed by atoms with E-state index in [9.17, 15) is 4.79 Å². The van der Waals surface area contributed by atoms with Gasteiger partial charge < -0.3 is 4.90 Å². The predicted octanol–water partition coefficient (Wildman–Crippen LogP) is 2.76. The van der Waals surface area contributed by atoms with Crippen molar-refractivity contribution in [1.82, 2.24) is 29.5 Å². The lowest BCUT2D eigenvalue weighted by Gasteiger charge is -2.16. The van der Waals surface area contributed by atoms with Crippen LogP contribution in [0, 0.1) is 6.92 Å². The smallest absolute Gasteiger partial charge is 0.272 e. The first-order chi connectivity index (χ1) is 12.1. The summed E-state index contributed by atoms with van der Waals surface area (Å²) in [6, 6.07) is 7.77. The maximum absolute atomic E-state index is 12.9. The van der Waals surface area contributed by atoms with E-state index in [-0.39, 0.29) is 5.91 Å². The van der Waals surface area contributed by atoms with Crippen LogP contribution in [0.15, 0.2) is 42.0 Å². The summed E-state index contributed by atoms with van der Waals surface area (Å²) in [5.74, 6) is 0.420. The molecule has 1 N–H and O–H groups in total. The molecule has 8 heteroatoms. The molecule has 0 fully saturated rings. The van der Waals surface area contributed by atoms with Crippen LogP contribution in [0.5, 0.6) is 0 Å². The Kier molecular flexibility index (Phi) is 3.81. The maximum Gasteiger partial charge on any atom is 0.272 e. The van der Waals surface area contributed by atoms with Crippen molar-refractivity contribution >= 4 is 23.0 Å². The third-order valence-corrected chi connectivity index (χ3v) is 4.83. The molecule has 0 bridgehead atoms. The number of nitrogens with one attached hydrogen (secondary N) is 1.